The first-order chi connectivity index (χ1) is 22.4. The molecule has 47 heavy (non-hydrogen) atoms. The number of nitro groups is 1. The molecule has 0 spiro atoms. The molecule has 0 aromatic heterocycles. The summed E-state index contributed by atoms with van der Waals surface area (Å²) in [5.74, 6) is -1.82. The maximum Gasteiger partial charge on any atom is 0.337 e. The van der Waals surface area contributed by atoms with Gasteiger partial charge in [0.2, 0.25) is 0 Å². The summed E-state index contributed by atoms with van der Waals surface area (Å²) in [4.78, 5) is 40.4. The molecule has 11 heteroatoms. The van der Waals surface area contributed by atoms with E-state index in [1.54, 1.807) is 44.2 Å². The first kappa shape index (κ1) is 33.2. The van der Waals surface area contributed by atoms with Crippen LogP contribution in [0.4, 0.5) is 5.69 Å². The number of likely N-dealkylation sites (tertiary alicyclic amines) is 1. The van der Waals surface area contributed by atoms with Crippen LogP contribution in [0.3, 0.4) is 0 Å². The average Bonchev–Trinajstić information content (AvgIpc) is 3.41. The Bertz CT molecular complexity index is 1690. The summed E-state index contributed by atoms with van der Waals surface area (Å²) in [6, 6.07) is 20.1. The van der Waals surface area contributed by atoms with Crippen molar-refractivity contribution in [2.45, 2.75) is 51.0 Å². The maximum atomic E-state index is 14.0. The van der Waals surface area contributed by atoms with Gasteiger partial charge in [-0.05, 0) is 74.7 Å². The Morgan fingerprint density at radius 1 is 0.979 bits per heavy atom. The lowest BCUT2D eigenvalue weighted by Gasteiger charge is -2.33. The zero-order valence-corrected chi connectivity index (χ0v) is 26.9. The monoisotopic (exact) mass is 641 g/mol. The van der Waals surface area contributed by atoms with Gasteiger partial charge in [-0.25, -0.2) is 9.59 Å². The fourth-order valence-corrected chi connectivity index (χ4v) is 6.63. The fraction of sp³-hybridized carbons (Fsp3) is 0.333. The van der Waals surface area contributed by atoms with Gasteiger partial charge in [0, 0.05) is 49.0 Å². The van der Waals surface area contributed by atoms with E-state index in [1.807, 2.05) is 31.2 Å². The van der Waals surface area contributed by atoms with Crippen LogP contribution in [-0.2, 0) is 19.1 Å². The van der Waals surface area contributed by atoms with Crippen molar-refractivity contribution in [3.8, 4) is 11.5 Å². The summed E-state index contributed by atoms with van der Waals surface area (Å²) in [6.07, 6.45) is 1.33. The van der Waals surface area contributed by atoms with Crippen molar-refractivity contribution in [2.75, 3.05) is 26.7 Å². The van der Waals surface area contributed by atoms with Crippen LogP contribution in [0.5, 0.6) is 11.5 Å². The van der Waals surface area contributed by atoms with Gasteiger partial charge in [-0.3, -0.25) is 15.0 Å². The number of hydrogen-bond donors (Lipinski definition) is 3. The molecule has 246 valence electrons. The summed E-state index contributed by atoms with van der Waals surface area (Å²) in [7, 11) is 1.25. The van der Waals surface area contributed by atoms with E-state index < -0.39 is 28.4 Å². The van der Waals surface area contributed by atoms with Gasteiger partial charge in [0.15, 0.2) is 0 Å². The number of methoxy groups -OCH3 is 1. The maximum absolute atomic E-state index is 14.0. The van der Waals surface area contributed by atoms with E-state index >= 15 is 0 Å². The zero-order chi connectivity index (χ0) is 33.9. The number of phenolic OH excluding ortho intramolecular Hbond substituents is 2. The van der Waals surface area contributed by atoms with Crippen LogP contribution in [0.15, 0.2) is 95.3 Å². The SMILES string of the molecule is COC(=O)C1=C(C)NC(C)=C(C(=O)O[C@@]2(C)CCN(CCC(c3ccc(O)cc3)c3ccc(O)cc3)C2)[C@H]1c1cccc([N+](=O)[O-])c1. The number of esters is 2. The van der Waals surface area contributed by atoms with Crippen molar-refractivity contribution in [3.63, 3.8) is 0 Å². The molecule has 1 saturated heterocycles. The highest BCUT2D eigenvalue weighted by atomic mass is 16.6. The predicted octanol–water partition coefficient (Wildman–Crippen LogP) is 5.64. The lowest BCUT2D eigenvalue weighted by Crippen LogP contribution is -2.39. The van der Waals surface area contributed by atoms with Crippen molar-refractivity contribution in [2.24, 2.45) is 0 Å². The molecule has 0 bridgehead atoms. The van der Waals surface area contributed by atoms with Gasteiger partial charge in [-0.2, -0.15) is 0 Å². The van der Waals surface area contributed by atoms with E-state index in [4.69, 9.17) is 9.47 Å². The molecule has 0 saturated carbocycles. The highest BCUT2D eigenvalue weighted by Gasteiger charge is 2.43. The quantitative estimate of drug-likeness (QED) is 0.144. The molecule has 2 heterocycles. The van der Waals surface area contributed by atoms with E-state index in [2.05, 4.69) is 10.2 Å². The molecule has 2 atom stereocenters. The molecule has 0 amide bonds. The van der Waals surface area contributed by atoms with Gasteiger partial charge in [-0.15, -0.1) is 0 Å². The van der Waals surface area contributed by atoms with Crippen LogP contribution in [-0.4, -0.2) is 64.3 Å². The van der Waals surface area contributed by atoms with Crippen LogP contribution >= 0.6 is 0 Å². The summed E-state index contributed by atoms with van der Waals surface area (Å²) < 4.78 is 11.3. The Hall–Kier alpha value is -5.16. The molecular formula is C36H39N3O8. The van der Waals surface area contributed by atoms with E-state index in [1.165, 1.54) is 25.3 Å². The van der Waals surface area contributed by atoms with Crippen molar-refractivity contribution in [1.82, 2.24) is 10.2 Å². The van der Waals surface area contributed by atoms with Gasteiger partial charge in [0.1, 0.15) is 17.1 Å². The Labute approximate surface area is 273 Å². The number of hydrogen-bond acceptors (Lipinski definition) is 10. The molecular weight excluding hydrogens is 602 g/mol. The molecule has 11 nitrogen and oxygen atoms in total. The number of aromatic hydroxyl groups is 2. The summed E-state index contributed by atoms with van der Waals surface area (Å²) >= 11 is 0. The minimum absolute atomic E-state index is 0.00850. The molecule has 2 aliphatic heterocycles. The van der Waals surface area contributed by atoms with Crippen molar-refractivity contribution < 1.29 is 34.2 Å². The number of allylic oxidation sites excluding steroid dienone is 2. The van der Waals surface area contributed by atoms with Crippen molar-refractivity contribution in [1.29, 1.82) is 0 Å². The number of dihydropyridines is 1. The third kappa shape index (κ3) is 7.30. The fourth-order valence-electron chi connectivity index (χ4n) is 6.63. The summed E-state index contributed by atoms with van der Waals surface area (Å²) in [6.45, 7) is 7.18. The Morgan fingerprint density at radius 2 is 1.55 bits per heavy atom. The van der Waals surface area contributed by atoms with E-state index in [-0.39, 0.29) is 34.3 Å². The van der Waals surface area contributed by atoms with E-state index in [9.17, 15) is 29.9 Å². The van der Waals surface area contributed by atoms with E-state index in [0.717, 1.165) is 17.5 Å². The van der Waals surface area contributed by atoms with Gasteiger partial charge >= 0.3 is 11.9 Å². The normalized spacial score (nSPS) is 19.9. The molecule has 0 radical (unpaired) electrons. The average molecular weight is 642 g/mol. The first-order valence-corrected chi connectivity index (χ1v) is 15.4. The Balaban J connectivity index is 1.35. The van der Waals surface area contributed by atoms with Crippen LogP contribution in [0.25, 0.3) is 0 Å². The van der Waals surface area contributed by atoms with Gasteiger partial charge in [0.25, 0.3) is 5.69 Å². The molecule has 3 aromatic carbocycles. The number of non-ortho nitro benzene ring substituents is 1. The van der Waals surface area contributed by atoms with Crippen LogP contribution < -0.4 is 5.32 Å². The molecule has 1 fully saturated rings. The summed E-state index contributed by atoms with van der Waals surface area (Å²) in [5.41, 5.74) is 2.82. The number of carbonyl (C=O) groups excluding carboxylic acids is 2. The van der Waals surface area contributed by atoms with Crippen molar-refractivity contribution >= 4 is 17.6 Å². The smallest absolute Gasteiger partial charge is 0.337 e. The topological polar surface area (TPSA) is 151 Å². The van der Waals surface area contributed by atoms with Gasteiger partial charge in [-0.1, -0.05) is 36.4 Å². The number of rotatable bonds is 10. The third-order valence-electron chi connectivity index (χ3n) is 8.98. The standard InChI is InChI=1S/C36H39N3O8/c1-22-31(34(42)46-4)33(26-6-5-7-27(20-26)39(44)45)32(23(2)37-22)35(43)47-36(3)17-19-38(21-36)18-16-30(24-8-12-28(40)13-9-24)25-10-14-29(41)15-11-25/h5-15,20,30,33,37,40-41H,16-19,21H2,1-4H3/t33-,36-/m0/s1. The largest absolute Gasteiger partial charge is 0.508 e. The lowest BCUT2D eigenvalue weighted by molar-refractivity contribution is -0.384. The molecule has 3 aromatic rings. The minimum Gasteiger partial charge on any atom is -0.508 e. The second kappa shape index (κ2) is 13.7. The highest BCUT2D eigenvalue weighted by Crippen LogP contribution is 2.41. The predicted molar refractivity (Wildman–Crippen MR) is 175 cm³/mol. The number of phenols is 2. The molecule has 3 N–H and O–H groups in total. The van der Waals surface area contributed by atoms with Crippen LogP contribution in [0.2, 0.25) is 0 Å². The molecule has 0 aliphatic carbocycles. The highest BCUT2D eigenvalue weighted by molar-refractivity contribution is 6.00. The zero-order valence-electron chi connectivity index (χ0n) is 26.9. The number of carbonyl (C=O) groups is 2. The number of nitrogens with zero attached hydrogens (tertiary/aromatic N) is 2. The lowest BCUT2D eigenvalue weighted by atomic mass is 9.80. The second-order valence-corrected chi connectivity index (χ2v) is 12.4. The van der Waals surface area contributed by atoms with Crippen LogP contribution in [0, 0.1) is 10.1 Å². The Kier molecular flexibility index (Phi) is 9.67. The number of nitrogens with one attached hydrogen (secondary N) is 1. The first-order valence-electron chi connectivity index (χ1n) is 15.4. The second-order valence-electron chi connectivity index (χ2n) is 12.4. The third-order valence-corrected chi connectivity index (χ3v) is 8.98. The molecule has 5 rings (SSSR count). The molecule has 0 unspecified atom stereocenters. The van der Waals surface area contributed by atoms with Gasteiger partial charge < -0.3 is 25.0 Å². The number of ether oxygens (including phenoxy) is 2. The van der Waals surface area contributed by atoms with Crippen LogP contribution in [0.1, 0.15) is 62.1 Å². The summed E-state index contributed by atoms with van der Waals surface area (Å²) in [5, 5.41) is 34.4. The minimum atomic E-state index is -0.936. The Morgan fingerprint density at radius 3 is 2.11 bits per heavy atom. The molecule has 2 aliphatic rings. The number of benzene rings is 3. The van der Waals surface area contributed by atoms with Crippen molar-refractivity contribution in [3.05, 3.63) is 122 Å². The van der Waals surface area contributed by atoms with Gasteiger partial charge in [0.05, 0.1) is 29.1 Å². The van der Waals surface area contributed by atoms with E-state index in [0.29, 0.717) is 43.0 Å². The number of nitro benzene ring substituents is 1.